The highest BCUT2D eigenvalue weighted by Gasteiger charge is 2.20. The van der Waals surface area contributed by atoms with Crippen LogP contribution >= 0.6 is 0 Å². The molecular formula is C54H69N3O6. The highest BCUT2D eigenvalue weighted by molar-refractivity contribution is 6.00. The van der Waals surface area contributed by atoms with Gasteiger partial charge in [0, 0.05) is 36.1 Å². The lowest BCUT2D eigenvalue weighted by Crippen LogP contribution is -2.23. The fourth-order valence-electron chi connectivity index (χ4n) is 7.66. The summed E-state index contributed by atoms with van der Waals surface area (Å²) >= 11 is 0. The minimum Gasteiger partial charge on any atom is -0.493 e. The molecule has 336 valence electrons. The van der Waals surface area contributed by atoms with Crippen LogP contribution in [-0.4, -0.2) is 44.0 Å². The van der Waals surface area contributed by atoms with Crippen molar-refractivity contribution in [3.8, 4) is 23.0 Å². The first kappa shape index (κ1) is 49.7. The van der Waals surface area contributed by atoms with Gasteiger partial charge in [-0.1, -0.05) is 95.6 Å². The Kier molecular flexibility index (Phi) is 20.4. The molecule has 0 aliphatic carbocycles. The van der Waals surface area contributed by atoms with Crippen molar-refractivity contribution in [1.29, 1.82) is 0 Å². The molecule has 0 saturated heterocycles. The first-order chi connectivity index (χ1) is 30.5. The van der Waals surface area contributed by atoms with E-state index in [0.29, 0.717) is 52.9 Å². The fraction of sp³-hybridized carbons (Fsp3) is 0.407. The molecule has 0 aliphatic heterocycles. The highest BCUT2D eigenvalue weighted by atomic mass is 16.5. The van der Waals surface area contributed by atoms with Gasteiger partial charge in [-0.2, -0.15) is 0 Å². The Balaban J connectivity index is 0.00000282. The van der Waals surface area contributed by atoms with Gasteiger partial charge in [-0.15, -0.1) is 0 Å². The third kappa shape index (κ3) is 14.8. The van der Waals surface area contributed by atoms with E-state index in [2.05, 4.69) is 94.7 Å². The summed E-state index contributed by atoms with van der Waals surface area (Å²) in [6.45, 7) is 17.3. The van der Waals surface area contributed by atoms with Crippen molar-refractivity contribution in [2.24, 2.45) is 22.7 Å². The average Bonchev–Trinajstić information content (AvgIpc) is 3.29. The summed E-state index contributed by atoms with van der Waals surface area (Å²) in [5.74, 6) is 3.33. The number of ether oxygens (including phenoxy) is 4. The molecule has 0 saturated carbocycles. The third-order valence-electron chi connectivity index (χ3n) is 11.3. The molecule has 0 bridgehead atoms. The number of benzene rings is 4. The molecule has 1 heterocycles. The molecule has 2 atom stereocenters. The molecule has 5 aromatic rings. The molecule has 0 fully saturated rings. The van der Waals surface area contributed by atoms with Gasteiger partial charge in [0.15, 0.2) is 28.8 Å². The van der Waals surface area contributed by atoms with Crippen LogP contribution in [0, 0.1) is 24.7 Å². The monoisotopic (exact) mass is 856 g/mol. The fourth-order valence-corrected chi connectivity index (χ4v) is 7.66. The minimum atomic E-state index is -0.0486. The Bertz CT molecular complexity index is 2250. The number of aromatic nitrogens is 1. The van der Waals surface area contributed by atoms with Gasteiger partial charge in [0.2, 0.25) is 0 Å². The molecule has 0 spiro atoms. The maximum atomic E-state index is 12.8. The molecule has 63 heavy (non-hydrogen) atoms. The lowest BCUT2D eigenvalue weighted by atomic mass is 9.87. The number of rotatable bonds is 23. The molecule has 5 rings (SSSR count). The lowest BCUT2D eigenvalue weighted by molar-refractivity contribution is -0.106. The Labute approximate surface area is 376 Å². The van der Waals surface area contributed by atoms with Crippen LogP contribution < -0.4 is 24.3 Å². The van der Waals surface area contributed by atoms with E-state index in [4.69, 9.17) is 33.7 Å². The van der Waals surface area contributed by atoms with E-state index in [1.54, 1.807) is 27.2 Å². The largest absolute Gasteiger partial charge is 0.493 e. The molecule has 9 heteroatoms. The van der Waals surface area contributed by atoms with Crippen LogP contribution in [-0.2, 0) is 43.7 Å². The summed E-state index contributed by atoms with van der Waals surface area (Å²) < 4.78 is 24.1. The molecule has 4 aromatic carbocycles. The van der Waals surface area contributed by atoms with Crippen molar-refractivity contribution in [2.75, 3.05) is 26.1 Å². The molecule has 0 aliphatic rings. The van der Waals surface area contributed by atoms with Gasteiger partial charge in [-0.3, -0.25) is 14.8 Å². The van der Waals surface area contributed by atoms with Crippen LogP contribution in [0.1, 0.15) is 111 Å². The molecule has 0 amide bonds. The standard InChI is InChI=1S/C52H65N3O5.C2H4O/c1-10-18-38(26-41-21-15-13-19-39(41)11-2)31-53-47-29-51(49(57-8)25-36(47)6)59-33-44-23-17-24-45(55-44)34-60-52-30-48(46(37(7)56)28-50(52)58-9)54-32-43(35(4)5)27-42-22-16-14-20-40(42)12-3;1-2-3/h13-17,19-25,28-31,35,38,43,54H,10-12,18,26-27,32-34H2,1-9H3;2H,1H3. The molecule has 9 nitrogen and oxygen atoms in total. The van der Waals surface area contributed by atoms with Gasteiger partial charge in [0.25, 0.3) is 0 Å². The number of carbonyl (C=O) groups is 2. The van der Waals surface area contributed by atoms with Gasteiger partial charge in [0.1, 0.15) is 19.5 Å². The van der Waals surface area contributed by atoms with E-state index in [1.807, 2.05) is 43.3 Å². The van der Waals surface area contributed by atoms with Gasteiger partial charge in [-0.05, 0) is 123 Å². The number of Topliss-reactive ketones (excluding diaryl/α,β-unsaturated/α-hetero) is 1. The normalized spacial score (nSPS) is 12.0. The average molecular weight is 856 g/mol. The number of pyridine rings is 1. The third-order valence-corrected chi connectivity index (χ3v) is 11.3. The zero-order chi connectivity index (χ0) is 45.7. The predicted molar refractivity (Wildman–Crippen MR) is 258 cm³/mol. The lowest BCUT2D eigenvalue weighted by Gasteiger charge is -2.24. The van der Waals surface area contributed by atoms with E-state index in [9.17, 15) is 4.79 Å². The zero-order valence-corrected chi connectivity index (χ0v) is 39.3. The van der Waals surface area contributed by atoms with Crippen molar-refractivity contribution < 1.29 is 28.5 Å². The van der Waals surface area contributed by atoms with Crippen molar-refractivity contribution in [2.45, 2.75) is 107 Å². The Morgan fingerprint density at radius 2 is 1.29 bits per heavy atom. The van der Waals surface area contributed by atoms with Crippen LogP contribution in [0.4, 0.5) is 11.4 Å². The van der Waals surface area contributed by atoms with Crippen LogP contribution in [0.25, 0.3) is 0 Å². The van der Waals surface area contributed by atoms with Crippen LogP contribution in [0.5, 0.6) is 23.0 Å². The topological polar surface area (TPSA) is 108 Å². The number of aldehydes is 1. The number of nitrogens with one attached hydrogen (secondary N) is 1. The molecule has 1 aromatic heterocycles. The summed E-state index contributed by atoms with van der Waals surface area (Å²) in [6.07, 6.45) is 8.95. The summed E-state index contributed by atoms with van der Waals surface area (Å²) in [7, 11) is 3.23. The summed E-state index contributed by atoms with van der Waals surface area (Å²) in [6, 6.07) is 30.7. The molecule has 1 N–H and O–H groups in total. The van der Waals surface area contributed by atoms with Crippen molar-refractivity contribution in [3.05, 3.63) is 136 Å². The smallest absolute Gasteiger partial charge is 0.163 e. The number of carbonyl (C=O) groups excluding carboxylic acids is 2. The summed E-state index contributed by atoms with van der Waals surface area (Å²) in [5.41, 5.74) is 10.2. The van der Waals surface area contributed by atoms with Gasteiger partial charge in [-0.25, -0.2) is 0 Å². The predicted octanol–water partition coefficient (Wildman–Crippen LogP) is 12.4. The van der Waals surface area contributed by atoms with Crippen molar-refractivity contribution >= 4 is 29.7 Å². The quantitative estimate of drug-likeness (QED) is 0.0393. The zero-order valence-electron chi connectivity index (χ0n) is 39.3. The number of anilines is 1. The number of ketones is 1. The first-order valence-electron chi connectivity index (χ1n) is 22.4. The number of methoxy groups -OCH3 is 2. The van der Waals surface area contributed by atoms with Gasteiger partial charge < -0.3 is 29.1 Å². The maximum absolute atomic E-state index is 12.8. The number of nitrogens with zero attached hydrogens (tertiary/aromatic N) is 2. The number of aryl methyl sites for hydroxylation is 3. The summed E-state index contributed by atoms with van der Waals surface area (Å²) in [4.78, 5) is 31.5. The van der Waals surface area contributed by atoms with E-state index >= 15 is 0 Å². The molecule has 0 radical (unpaired) electrons. The minimum absolute atomic E-state index is 0.0486. The molecular weight excluding hydrogens is 787 g/mol. The van der Waals surface area contributed by atoms with Crippen molar-refractivity contribution in [1.82, 2.24) is 4.98 Å². The highest BCUT2D eigenvalue weighted by Crippen LogP contribution is 2.37. The van der Waals surface area contributed by atoms with Crippen LogP contribution in [0.2, 0.25) is 0 Å². The number of aliphatic imine (C=N–C) groups is 1. The SMILES string of the molecule is CC=O.CCCC(C=Nc1cc(OCc2cccc(COc3cc(NCC(Cc4ccccc4CC)C(C)C)c(C(C)=O)cc3OC)n2)c(OC)cc1C)Cc1ccccc1CC. The Morgan fingerprint density at radius 1 is 0.746 bits per heavy atom. The van der Waals surface area contributed by atoms with Crippen LogP contribution in [0.3, 0.4) is 0 Å². The van der Waals surface area contributed by atoms with Gasteiger partial charge in [0.05, 0.1) is 31.3 Å². The number of hydrogen-bond acceptors (Lipinski definition) is 9. The molecule has 2 unspecified atom stereocenters. The first-order valence-corrected chi connectivity index (χ1v) is 22.4. The summed E-state index contributed by atoms with van der Waals surface area (Å²) in [5, 5.41) is 3.61. The second kappa shape index (κ2) is 25.8. The Morgan fingerprint density at radius 3 is 1.81 bits per heavy atom. The van der Waals surface area contributed by atoms with Crippen LogP contribution in [0.15, 0.2) is 96.0 Å². The van der Waals surface area contributed by atoms with E-state index < -0.39 is 0 Å². The van der Waals surface area contributed by atoms with Crippen molar-refractivity contribution in [3.63, 3.8) is 0 Å². The second-order valence-electron chi connectivity index (χ2n) is 16.2. The van der Waals surface area contributed by atoms with E-state index in [0.717, 1.165) is 73.1 Å². The van der Waals surface area contributed by atoms with E-state index in [-0.39, 0.29) is 19.0 Å². The van der Waals surface area contributed by atoms with E-state index in [1.165, 1.54) is 29.2 Å². The number of hydrogen-bond donors (Lipinski definition) is 1. The maximum Gasteiger partial charge on any atom is 0.163 e. The Hall–Kier alpha value is -5.96. The van der Waals surface area contributed by atoms with Gasteiger partial charge >= 0.3 is 0 Å². The second-order valence-corrected chi connectivity index (χ2v) is 16.2.